The van der Waals surface area contributed by atoms with Gasteiger partial charge in [-0.1, -0.05) is 20.8 Å². The van der Waals surface area contributed by atoms with Gasteiger partial charge in [0.05, 0.1) is 5.52 Å². The van der Waals surface area contributed by atoms with Gasteiger partial charge in [0.1, 0.15) is 9.45 Å². The number of nitrogens with zero attached hydrogens (tertiary/aromatic N) is 2. The van der Waals surface area contributed by atoms with E-state index in [4.69, 9.17) is 14.3 Å². The lowest BCUT2D eigenvalue weighted by atomic mass is 10.2. The van der Waals surface area contributed by atoms with Crippen LogP contribution in [0.15, 0.2) is 18.2 Å². The average Bonchev–Trinajstić information content (AvgIpc) is 2.83. The minimum atomic E-state index is -1.83. The first-order chi connectivity index (χ1) is 11.2. The highest BCUT2D eigenvalue weighted by Crippen LogP contribution is 2.38. The van der Waals surface area contributed by atoms with Crippen LogP contribution in [0.1, 0.15) is 46.3 Å². The maximum atomic E-state index is 6.45. The molecule has 0 spiro atoms. The van der Waals surface area contributed by atoms with Crippen LogP contribution in [-0.2, 0) is 4.74 Å². The van der Waals surface area contributed by atoms with Gasteiger partial charge in [0.2, 0.25) is 8.32 Å². The third kappa shape index (κ3) is 3.50. The van der Waals surface area contributed by atoms with Gasteiger partial charge in [-0.05, 0) is 78.2 Å². The zero-order chi connectivity index (χ0) is 17.5. The summed E-state index contributed by atoms with van der Waals surface area (Å²) in [4.78, 5) is 0. The number of halogens is 1. The maximum Gasteiger partial charge on any atom is 0.250 e. The quantitative estimate of drug-likeness (QED) is 0.436. The molecule has 1 aliphatic rings. The lowest BCUT2D eigenvalue weighted by Gasteiger charge is -2.36. The lowest BCUT2D eigenvalue weighted by molar-refractivity contribution is -0.0368. The summed E-state index contributed by atoms with van der Waals surface area (Å²) >= 11 is 2.31. The number of benzene rings is 1. The summed E-state index contributed by atoms with van der Waals surface area (Å²) in [7, 11) is -1.83. The van der Waals surface area contributed by atoms with Crippen LogP contribution in [0.25, 0.3) is 10.9 Å². The van der Waals surface area contributed by atoms with E-state index in [1.54, 1.807) is 0 Å². The highest BCUT2D eigenvalue weighted by molar-refractivity contribution is 14.1. The zero-order valence-corrected chi connectivity index (χ0v) is 18.4. The van der Waals surface area contributed by atoms with Crippen molar-refractivity contribution in [1.82, 2.24) is 9.78 Å². The van der Waals surface area contributed by atoms with Gasteiger partial charge in [-0.3, -0.25) is 0 Å². The Kier molecular flexibility index (Phi) is 5.01. The molecule has 4 nitrogen and oxygen atoms in total. The topological polar surface area (TPSA) is 36.3 Å². The van der Waals surface area contributed by atoms with Crippen molar-refractivity contribution in [2.24, 2.45) is 0 Å². The van der Waals surface area contributed by atoms with Crippen LogP contribution in [0.2, 0.25) is 18.1 Å². The maximum absolute atomic E-state index is 6.45. The summed E-state index contributed by atoms with van der Waals surface area (Å²) in [5, 5.41) is 6.08. The van der Waals surface area contributed by atoms with Crippen molar-refractivity contribution < 1.29 is 9.16 Å². The highest BCUT2D eigenvalue weighted by atomic mass is 127. The smallest absolute Gasteiger partial charge is 0.250 e. The van der Waals surface area contributed by atoms with E-state index in [1.165, 1.54) is 6.42 Å². The van der Waals surface area contributed by atoms with Crippen molar-refractivity contribution in [1.29, 1.82) is 0 Å². The summed E-state index contributed by atoms with van der Waals surface area (Å²) in [5.41, 5.74) is 1.13. The highest BCUT2D eigenvalue weighted by Gasteiger charge is 2.39. The molecule has 132 valence electrons. The molecule has 0 bridgehead atoms. The Bertz CT molecular complexity index is 730. The first-order valence-electron chi connectivity index (χ1n) is 8.67. The molecule has 0 saturated carbocycles. The second kappa shape index (κ2) is 6.61. The van der Waals surface area contributed by atoms with E-state index in [9.17, 15) is 0 Å². The number of aromatic nitrogens is 2. The Morgan fingerprint density at radius 1 is 1.29 bits per heavy atom. The van der Waals surface area contributed by atoms with Crippen LogP contribution >= 0.6 is 22.6 Å². The lowest BCUT2D eigenvalue weighted by Crippen LogP contribution is -2.43. The van der Waals surface area contributed by atoms with E-state index in [0.717, 1.165) is 39.8 Å². The molecule has 1 atom stereocenters. The molecule has 1 aliphatic heterocycles. The van der Waals surface area contributed by atoms with Gasteiger partial charge in [-0.15, -0.1) is 0 Å². The monoisotopic (exact) mass is 458 g/mol. The van der Waals surface area contributed by atoms with E-state index in [0.29, 0.717) is 0 Å². The largest absolute Gasteiger partial charge is 0.543 e. The Morgan fingerprint density at radius 3 is 2.67 bits per heavy atom. The molecule has 0 N–H and O–H groups in total. The fourth-order valence-electron chi connectivity index (χ4n) is 2.73. The van der Waals surface area contributed by atoms with E-state index in [1.807, 2.05) is 4.68 Å². The van der Waals surface area contributed by atoms with Gasteiger partial charge in [0.25, 0.3) is 0 Å². The molecule has 2 heterocycles. The predicted octanol–water partition coefficient (Wildman–Crippen LogP) is 5.72. The van der Waals surface area contributed by atoms with Gasteiger partial charge < -0.3 is 9.16 Å². The van der Waals surface area contributed by atoms with E-state index in [2.05, 4.69) is 74.7 Å². The molecule has 0 aliphatic carbocycles. The van der Waals surface area contributed by atoms with E-state index >= 15 is 0 Å². The van der Waals surface area contributed by atoms with Gasteiger partial charge in [-0.2, -0.15) is 5.10 Å². The molecule has 6 heteroatoms. The number of fused-ring (bicyclic) bond motifs is 1. The first-order valence-corrected chi connectivity index (χ1v) is 12.7. The summed E-state index contributed by atoms with van der Waals surface area (Å²) in [6.45, 7) is 12.2. The fraction of sp³-hybridized carbons (Fsp3) is 0.611. The van der Waals surface area contributed by atoms with Gasteiger partial charge in [0, 0.05) is 12.0 Å². The second-order valence-corrected chi connectivity index (χ2v) is 13.8. The molecule has 0 unspecified atom stereocenters. The van der Waals surface area contributed by atoms with Crippen LogP contribution in [0.3, 0.4) is 0 Å². The SMILES string of the molecule is CC(C)(C)[Si](C)(C)Oc1ccc2c(c1)c(I)nn2[C@H]1CCCCO1. The van der Waals surface area contributed by atoms with Crippen LogP contribution in [0.5, 0.6) is 5.75 Å². The summed E-state index contributed by atoms with van der Waals surface area (Å²) in [6, 6.07) is 6.36. The van der Waals surface area contributed by atoms with Gasteiger partial charge in [0.15, 0.2) is 6.23 Å². The number of hydrogen-bond donors (Lipinski definition) is 0. The molecule has 2 aromatic rings. The van der Waals surface area contributed by atoms with Crippen LogP contribution in [0, 0.1) is 3.70 Å². The molecule has 3 rings (SSSR count). The van der Waals surface area contributed by atoms with Gasteiger partial charge in [-0.25, -0.2) is 4.68 Å². The molecule has 24 heavy (non-hydrogen) atoms. The standard InChI is InChI=1S/C18H27IN2O2Si/c1-18(2,3)24(4,5)23-13-9-10-15-14(12-13)17(19)20-21(15)16-8-6-7-11-22-16/h9-10,12,16H,6-8,11H2,1-5H3/t16-/m1/s1. The van der Waals surface area contributed by atoms with Crippen LogP contribution in [0.4, 0.5) is 0 Å². The van der Waals surface area contributed by atoms with E-state index < -0.39 is 8.32 Å². The van der Waals surface area contributed by atoms with Crippen molar-refractivity contribution in [2.75, 3.05) is 6.61 Å². The Labute approximate surface area is 159 Å². The normalized spacial score (nSPS) is 19.7. The van der Waals surface area contributed by atoms with Crippen molar-refractivity contribution >= 4 is 41.8 Å². The molecular formula is C18H27IN2O2Si. The van der Waals surface area contributed by atoms with Crippen LogP contribution in [-0.4, -0.2) is 24.7 Å². The molecule has 0 radical (unpaired) electrons. The molecule has 1 aromatic heterocycles. The molecule has 1 fully saturated rings. The Balaban J connectivity index is 1.93. The Hall–Kier alpha value is -0.603. The molecule has 0 amide bonds. The predicted molar refractivity (Wildman–Crippen MR) is 109 cm³/mol. The first kappa shape index (κ1) is 18.2. The van der Waals surface area contributed by atoms with E-state index in [-0.39, 0.29) is 11.3 Å². The van der Waals surface area contributed by atoms with Crippen molar-refractivity contribution in [3.05, 3.63) is 21.9 Å². The van der Waals surface area contributed by atoms with Crippen molar-refractivity contribution in [2.45, 2.75) is 64.4 Å². The van der Waals surface area contributed by atoms with Crippen molar-refractivity contribution in [3.63, 3.8) is 0 Å². The summed E-state index contributed by atoms with van der Waals surface area (Å²) in [6.07, 6.45) is 3.46. The number of ether oxygens (including phenoxy) is 1. The average molecular weight is 458 g/mol. The molecule has 1 aromatic carbocycles. The summed E-state index contributed by atoms with van der Waals surface area (Å²) in [5.74, 6) is 0.955. The van der Waals surface area contributed by atoms with Crippen molar-refractivity contribution in [3.8, 4) is 5.75 Å². The molecule has 1 saturated heterocycles. The van der Waals surface area contributed by atoms with Crippen LogP contribution < -0.4 is 4.43 Å². The number of rotatable bonds is 3. The third-order valence-corrected chi connectivity index (χ3v) is 10.4. The van der Waals surface area contributed by atoms with Gasteiger partial charge >= 0.3 is 0 Å². The minimum Gasteiger partial charge on any atom is -0.543 e. The second-order valence-electron chi connectivity index (χ2n) is 8.10. The fourth-order valence-corrected chi connectivity index (χ4v) is 4.42. The zero-order valence-electron chi connectivity index (χ0n) is 15.2. The molecular weight excluding hydrogens is 431 g/mol. The summed E-state index contributed by atoms with van der Waals surface area (Å²) < 4.78 is 15.4. The minimum absolute atomic E-state index is 0.0666. The Morgan fingerprint density at radius 2 is 2.04 bits per heavy atom. The number of hydrogen-bond acceptors (Lipinski definition) is 3. The third-order valence-electron chi connectivity index (χ3n) is 5.24.